The molecule has 0 fully saturated rings. The standard InChI is InChI=1S/C7H13N3O/c1-7(2,8)4-5-3-6(11)10-9-5/h3H,4,8H2,1-2H3,(H2,9,10,11). The molecule has 1 rings (SSSR count). The molecule has 4 N–H and O–H groups in total. The lowest BCUT2D eigenvalue weighted by molar-refractivity contribution is 0.509. The smallest absolute Gasteiger partial charge is 0.264 e. The van der Waals surface area contributed by atoms with Gasteiger partial charge >= 0.3 is 0 Å². The Bertz CT molecular complexity index is 278. The first-order chi connectivity index (χ1) is 4.97. The second kappa shape index (κ2) is 2.54. The molecule has 0 aliphatic rings. The van der Waals surface area contributed by atoms with E-state index >= 15 is 0 Å². The fourth-order valence-corrected chi connectivity index (χ4v) is 0.958. The van der Waals surface area contributed by atoms with Crippen molar-refractivity contribution in [3.05, 3.63) is 22.1 Å². The highest BCUT2D eigenvalue weighted by Gasteiger charge is 2.12. The largest absolute Gasteiger partial charge is 0.325 e. The molecule has 0 saturated carbocycles. The molecule has 0 amide bonds. The second-order valence-corrected chi connectivity index (χ2v) is 3.45. The molecule has 0 aliphatic heterocycles. The topological polar surface area (TPSA) is 74.7 Å². The van der Waals surface area contributed by atoms with Crippen LogP contribution in [0.4, 0.5) is 0 Å². The van der Waals surface area contributed by atoms with E-state index in [0.717, 1.165) is 5.69 Å². The van der Waals surface area contributed by atoms with Crippen LogP contribution in [0.15, 0.2) is 10.9 Å². The summed E-state index contributed by atoms with van der Waals surface area (Å²) in [6.45, 7) is 3.83. The molecule has 0 aliphatic carbocycles. The van der Waals surface area contributed by atoms with Gasteiger partial charge in [0.15, 0.2) is 0 Å². The number of nitrogens with two attached hydrogens (primary N) is 1. The van der Waals surface area contributed by atoms with E-state index in [2.05, 4.69) is 10.2 Å². The highest BCUT2D eigenvalue weighted by atomic mass is 16.1. The van der Waals surface area contributed by atoms with Gasteiger partial charge < -0.3 is 10.8 Å². The monoisotopic (exact) mass is 155 g/mol. The molecule has 62 valence electrons. The maximum Gasteiger partial charge on any atom is 0.264 e. The summed E-state index contributed by atoms with van der Waals surface area (Å²) in [5.74, 6) is 0. The third-order valence-corrected chi connectivity index (χ3v) is 1.30. The average Bonchev–Trinajstić information content (AvgIpc) is 2.10. The van der Waals surface area contributed by atoms with E-state index in [0.29, 0.717) is 6.42 Å². The van der Waals surface area contributed by atoms with Gasteiger partial charge in [0.1, 0.15) is 0 Å². The Morgan fingerprint density at radius 2 is 2.18 bits per heavy atom. The van der Waals surface area contributed by atoms with Crippen LogP contribution < -0.4 is 11.3 Å². The predicted molar refractivity (Wildman–Crippen MR) is 43.4 cm³/mol. The van der Waals surface area contributed by atoms with Crippen molar-refractivity contribution in [2.75, 3.05) is 0 Å². The normalized spacial score (nSPS) is 11.9. The summed E-state index contributed by atoms with van der Waals surface area (Å²) in [5.41, 5.74) is 6.21. The van der Waals surface area contributed by atoms with Crippen LogP contribution in [0.3, 0.4) is 0 Å². The van der Waals surface area contributed by atoms with Crippen molar-refractivity contribution in [2.45, 2.75) is 25.8 Å². The van der Waals surface area contributed by atoms with E-state index in [1.165, 1.54) is 6.07 Å². The van der Waals surface area contributed by atoms with Gasteiger partial charge in [0.25, 0.3) is 5.56 Å². The molecule has 0 saturated heterocycles. The molecule has 4 nitrogen and oxygen atoms in total. The maximum atomic E-state index is 10.6. The summed E-state index contributed by atoms with van der Waals surface area (Å²) in [5, 5.41) is 5.20. The molecule has 1 aromatic heterocycles. The van der Waals surface area contributed by atoms with E-state index in [-0.39, 0.29) is 11.1 Å². The van der Waals surface area contributed by atoms with Gasteiger partial charge in [0.2, 0.25) is 0 Å². The molecule has 0 aromatic carbocycles. The first-order valence-corrected chi connectivity index (χ1v) is 3.53. The zero-order valence-electron chi connectivity index (χ0n) is 6.77. The van der Waals surface area contributed by atoms with Crippen LogP contribution in [0.25, 0.3) is 0 Å². The Kier molecular flexibility index (Phi) is 1.87. The van der Waals surface area contributed by atoms with Gasteiger partial charge in [0.05, 0.1) is 0 Å². The highest BCUT2D eigenvalue weighted by molar-refractivity contribution is 5.02. The summed E-state index contributed by atoms with van der Waals surface area (Å²) < 4.78 is 0. The molecule has 0 atom stereocenters. The minimum Gasteiger partial charge on any atom is -0.325 e. The van der Waals surface area contributed by atoms with Crippen molar-refractivity contribution >= 4 is 0 Å². The van der Waals surface area contributed by atoms with Gasteiger partial charge in [-0.15, -0.1) is 0 Å². The van der Waals surface area contributed by atoms with Crippen LogP contribution in [-0.2, 0) is 6.42 Å². The van der Waals surface area contributed by atoms with Crippen molar-refractivity contribution in [2.24, 2.45) is 5.73 Å². The fourth-order valence-electron chi connectivity index (χ4n) is 0.958. The van der Waals surface area contributed by atoms with Crippen LogP contribution in [0.5, 0.6) is 0 Å². The molecule has 11 heavy (non-hydrogen) atoms. The maximum absolute atomic E-state index is 10.6. The lowest BCUT2D eigenvalue weighted by Crippen LogP contribution is -2.34. The predicted octanol–water partition coefficient (Wildman–Crippen LogP) is -0.0172. The Hall–Kier alpha value is -1.03. The minimum atomic E-state index is -0.273. The van der Waals surface area contributed by atoms with E-state index in [1.807, 2.05) is 13.8 Å². The van der Waals surface area contributed by atoms with E-state index in [9.17, 15) is 4.79 Å². The van der Waals surface area contributed by atoms with Crippen molar-refractivity contribution < 1.29 is 0 Å². The van der Waals surface area contributed by atoms with Crippen molar-refractivity contribution in [1.82, 2.24) is 10.2 Å². The average molecular weight is 155 g/mol. The van der Waals surface area contributed by atoms with Crippen molar-refractivity contribution in [3.63, 3.8) is 0 Å². The zero-order chi connectivity index (χ0) is 8.48. The lowest BCUT2D eigenvalue weighted by Gasteiger charge is -2.16. The molecule has 4 heteroatoms. The Labute approximate surface area is 64.8 Å². The number of aromatic nitrogens is 2. The highest BCUT2D eigenvalue weighted by Crippen LogP contribution is 2.04. The van der Waals surface area contributed by atoms with Crippen LogP contribution in [-0.4, -0.2) is 15.7 Å². The molecule has 0 spiro atoms. The van der Waals surface area contributed by atoms with Gasteiger partial charge in [-0.1, -0.05) is 0 Å². The quantitative estimate of drug-likeness (QED) is 0.561. The number of aromatic amines is 2. The third kappa shape index (κ3) is 2.59. The van der Waals surface area contributed by atoms with Crippen LogP contribution in [0.1, 0.15) is 19.5 Å². The third-order valence-electron chi connectivity index (χ3n) is 1.30. The van der Waals surface area contributed by atoms with E-state index < -0.39 is 0 Å². The fraction of sp³-hybridized carbons (Fsp3) is 0.571. The van der Waals surface area contributed by atoms with Crippen molar-refractivity contribution in [1.29, 1.82) is 0 Å². The molecular formula is C7H13N3O. The van der Waals surface area contributed by atoms with E-state index in [1.54, 1.807) is 0 Å². The Morgan fingerprint density at radius 3 is 2.55 bits per heavy atom. The number of rotatable bonds is 2. The van der Waals surface area contributed by atoms with Gasteiger partial charge in [-0.05, 0) is 13.8 Å². The van der Waals surface area contributed by atoms with Crippen LogP contribution in [0.2, 0.25) is 0 Å². The van der Waals surface area contributed by atoms with Crippen LogP contribution in [0, 0.1) is 0 Å². The molecule has 1 aromatic rings. The van der Waals surface area contributed by atoms with Gasteiger partial charge in [0, 0.05) is 23.7 Å². The van der Waals surface area contributed by atoms with E-state index in [4.69, 9.17) is 5.73 Å². The number of hydrogen-bond acceptors (Lipinski definition) is 2. The molecule has 0 bridgehead atoms. The molecule has 1 heterocycles. The summed E-state index contributed by atoms with van der Waals surface area (Å²) in [7, 11) is 0. The van der Waals surface area contributed by atoms with Gasteiger partial charge in [-0.25, -0.2) is 0 Å². The summed E-state index contributed by atoms with van der Waals surface area (Å²) in [4.78, 5) is 10.6. The molecular weight excluding hydrogens is 142 g/mol. The zero-order valence-corrected chi connectivity index (χ0v) is 6.77. The SMILES string of the molecule is CC(C)(N)Cc1cc(=O)[nH][nH]1. The molecule has 0 unspecified atom stereocenters. The van der Waals surface area contributed by atoms with Gasteiger partial charge in [-0.3, -0.25) is 9.89 Å². The first kappa shape index (κ1) is 8.07. The number of H-pyrrole nitrogens is 2. The first-order valence-electron chi connectivity index (χ1n) is 3.53. The summed E-state index contributed by atoms with van der Waals surface area (Å²) >= 11 is 0. The number of hydrogen-bond donors (Lipinski definition) is 3. The summed E-state index contributed by atoms with van der Waals surface area (Å²) in [6.07, 6.45) is 0.672. The van der Waals surface area contributed by atoms with Crippen LogP contribution >= 0.6 is 0 Å². The summed E-state index contributed by atoms with van der Waals surface area (Å²) in [6, 6.07) is 1.52. The van der Waals surface area contributed by atoms with Gasteiger partial charge in [-0.2, -0.15) is 0 Å². The second-order valence-electron chi connectivity index (χ2n) is 3.45. The lowest BCUT2D eigenvalue weighted by atomic mass is 10.0. The Balaban J connectivity index is 2.73. The minimum absolute atomic E-state index is 0.107. The number of nitrogens with one attached hydrogen (secondary N) is 2. The van der Waals surface area contributed by atoms with Crippen molar-refractivity contribution in [3.8, 4) is 0 Å². The molecule has 0 radical (unpaired) electrons. The Morgan fingerprint density at radius 1 is 1.55 bits per heavy atom.